The van der Waals surface area contributed by atoms with Crippen LogP contribution >= 0.6 is 0 Å². The lowest BCUT2D eigenvalue weighted by molar-refractivity contribution is 1.18. The van der Waals surface area contributed by atoms with Gasteiger partial charge in [0.1, 0.15) is 0 Å². The van der Waals surface area contributed by atoms with Crippen molar-refractivity contribution >= 4 is 64.9 Å². The molecule has 2 heterocycles. The van der Waals surface area contributed by atoms with E-state index in [0.717, 1.165) is 49.9 Å². The molecule has 55 heavy (non-hydrogen) atoms. The van der Waals surface area contributed by atoms with Crippen LogP contribution in [-0.4, -0.2) is 9.55 Å². The third-order valence-electron chi connectivity index (χ3n) is 11.2. The lowest BCUT2D eigenvalue weighted by atomic mass is 9.87. The van der Waals surface area contributed by atoms with E-state index in [9.17, 15) is 5.26 Å². The Balaban J connectivity index is 1.07. The minimum Gasteiger partial charge on any atom is -0.309 e. The molecule has 0 aliphatic rings. The zero-order valence-corrected chi connectivity index (χ0v) is 29.7. The maximum Gasteiger partial charge on any atom is 0.0992 e. The number of aromatic nitrogens is 2. The van der Waals surface area contributed by atoms with Gasteiger partial charge in [0.05, 0.1) is 28.4 Å². The third kappa shape index (κ3) is 4.86. The highest BCUT2D eigenvalue weighted by Gasteiger charge is 2.17. The summed E-state index contributed by atoms with van der Waals surface area (Å²) in [6, 6.07) is 67.1. The smallest absolute Gasteiger partial charge is 0.0992 e. The Labute approximate surface area is 317 Å². The molecular weight excluding hydrogens is 667 g/mol. The number of nitrogens with zero attached hydrogens (tertiary/aromatic N) is 3. The van der Waals surface area contributed by atoms with E-state index >= 15 is 0 Å². The van der Waals surface area contributed by atoms with Crippen molar-refractivity contribution in [3.63, 3.8) is 0 Å². The van der Waals surface area contributed by atoms with Crippen molar-refractivity contribution < 1.29 is 0 Å². The van der Waals surface area contributed by atoms with E-state index in [1.165, 1.54) is 54.2 Å². The molecule has 0 atom stereocenters. The number of pyridine rings is 1. The number of hydrogen-bond donors (Lipinski definition) is 0. The van der Waals surface area contributed by atoms with Gasteiger partial charge in [-0.25, -0.2) is 0 Å². The van der Waals surface area contributed by atoms with Crippen LogP contribution in [0.4, 0.5) is 0 Å². The van der Waals surface area contributed by atoms with Crippen molar-refractivity contribution in [2.24, 2.45) is 0 Å². The summed E-state index contributed by atoms with van der Waals surface area (Å²) in [4.78, 5) is 5.10. The van der Waals surface area contributed by atoms with Crippen LogP contribution < -0.4 is 0 Å². The molecule has 0 N–H and O–H groups in total. The lowest BCUT2D eigenvalue weighted by Crippen LogP contribution is -1.94. The average molecular weight is 698 g/mol. The summed E-state index contributed by atoms with van der Waals surface area (Å²) in [5.41, 5.74) is 10.5. The Bertz CT molecular complexity index is 3360. The molecular formula is C52H31N3. The first-order valence-corrected chi connectivity index (χ1v) is 18.6. The van der Waals surface area contributed by atoms with Crippen LogP contribution in [0.5, 0.6) is 0 Å². The molecule has 0 radical (unpaired) electrons. The van der Waals surface area contributed by atoms with Crippen LogP contribution in [0.3, 0.4) is 0 Å². The molecule has 0 bridgehead atoms. The Morgan fingerprint density at radius 3 is 1.73 bits per heavy atom. The van der Waals surface area contributed by atoms with E-state index in [-0.39, 0.29) is 0 Å². The summed E-state index contributed by atoms with van der Waals surface area (Å²) in [6.07, 6.45) is 2.02. The Hall–Kier alpha value is -7.54. The monoisotopic (exact) mass is 697 g/mol. The second kappa shape index (κ2) is 12.3. The quantitative estimate of drug-likeness (QED) is 0.172. The zero-order valence-electron chi connectivity index (χ0n) is 29.7. The molecule has 3 nitrogen and oxygen atoms in total. The summed E-state index contributed by atoms with van der Waals surface area (Å²) in [6.45, 7) is 0. The molecule has 3 heteroatoms. The molecule has 254 valence electrons. The summed E-state index contributed by atoms with van der Waals surface area (Å²) in [7, 11) is 0. The van der Waals surface area contributed by atoms with E-state index in [0.29, 0.717) is 5.56 Å². The fraction of sp³-hybridized carbons (Fsp3) is 0. The number of fused-ring (bicyclic) bond motifs is 9. The maximum absolute atomic E-state index is 9.71. The van der Waals surface area contributed by atoms with Crippen molar-refractivity contribution in [3.8, 4) is 45.3 Å². The van der Waals surface area contributed by atoms with Crippen molar-refractivity contribution in [3.05, 3.63) is 194 Å². The molecule has 0 spiro atoms. The number of benzene rings is 9. The highest BCUT2D eigenvalue weighted by Crippen LogP contribution is 2.43. The zero-order chi connectivity index (χ0) is 36.5. The SMILES string of the molecule is N#Cc1ccc2c3ccc(-c4ccc(-c5cc6c7ccccc7c(-c7cccc8ccccc78)cc6c6ccccc56)cn4)cc3n(-c3ccccc3)c2c1. The van der Waals surface area contributed by atoms with Crippen molar-refractivity contribution in [2.45, 2.75) is 0 Å². The third-order valence-corrected chi connectivity index (χ3v) is 11.2. The molecule has 2 aromatic heterocycles. The van der Waals surface area contributed by atoms with Crippen molar-refractivity contribution in [1.82, 2.24) is 9.55 Å². The molecule has 11 aromatic rings. The predicted octanol–water partition coefficient (Wildman–Crippen LogP) is 13.7. The highest BCUT2D eigenvalue weighted by molar-refractivity contribution is 6.24. The fourth-order valence-corrected chi connectivity index (χ4v) is 8.70. The number of hydrogen-bond acceptors (Lipinski definition) is 2. The van der Waals surface area contributed by atoms with E-state index in [4.69, 9.17) is 4.98 Å². The lowest BCUT2D eigenvalue weighted by Gasteiger charge is -2.17. The Kier molecular flexibility index (Phi) is 6.92. The first-order valence-electron chi connectivity index (χ1n) is 18.6. The molecule has 0 fully saturated rings. The highest BCUT2D eigenvalue weighted by atomic mass is 15.0. The van der Waals surface area contributed by atoms with Crippen LogP contribution in [0.25, 0.3) is 104 Å². The summed E-state index contributed by atoms with van der Waals surface area (Å²) in [5.74, 6) is 0. The molecule has 11 rings (SSSR count). The van der Waals surface area contributed by atoms with Gasteiger partial charge in [0.25, 0.3) is 0 Å². The molecule has 0 aliphatic heterocycles. The molecule has 0 amide bonds. The first kappa shape index (κ1) is 31.0. The Morgan fingerprint density at radius 2 is 1.00 bits per heavy atom. The van der Waals surface area contributed by atoms with Crippen LogP contribution in [0.1, 0.15) is 5.56 Å². The minimum atomic E-state index is 0.643. The topological polar surface area (TPSA) is 41.6 Å². The van der Waals surface area contributed by atoms with E-state index in [1.807, 2.05) is 24.4 Å². The van der Waals surface area contributed by atoms with E-state index < -0.39 is 0 Å². The van der Waals surface area contributed by atoms with Gasteiger partial charge in [0.15, 0.2) is 0 Å². The standard InChI is InChI=1S/C52H31N3/c53-31-33-21-24-44-45-25-22-35(28-52(45)55(51(44)27-33)37-13-2-1-3-14-37)50-26-23-36(32-54-50)46-29-48-43-19-9-8-18-42(43)47(30-49(48)41-17-7-6-16-40(41)46)39-20-10-12-34-11-4-5-15-38(34)39/h1-30,32H. The largest absolute Gasteiger partial charge is 0.309 e. The normalized spacial score (nSPS) is 11.6. The molecule has 0 saturated carbocycles. The van der Waals surface area contributed by atoms with Crippen molar-refractivity contribution in [2.75, 3.05) is 0 Å². The predicted molar refractivity (Wildman–Crippen MR) is 230 cm³/mol. The number of nitriles is 1. The minimum absolute atomic E-state index is 0.643. The molecule has 0 unspecified atom stereocenters. The first-order chi connectivity index (χ1) is 27.2. The van der Waals surface area contributed by atoms with Crippen LogP contribution in [0.2, 0.25) is 0 Å². The van der Waals surface area contributed by atoms with Crippen LogP contribution in [-0.2, 0) is 0 Å². The molecule has 0 saturated heterocycles. The maximum atomic E-state index is 9.71. The Morgan fingerprint density at radius 1 is 0.400 bits per heavy atom. The van der Waals surface area contributed by atoms with Crippen molar-refractivity contribution in [1.29, 1.82) is 5.26 Å². The van der Waals surface area contributed by atoms with Gasteiger partial charge in [-0.2, -0.15) is 5.26 Å². The van der Waals surface area contributed by atoms with Gasteiger partial charge in [0.2, 0.25) is 0 Å². The van der Waals surface area contributed by atoms with E-state index in [2.05, 4.69) is 174 Å². The summed E-state index contributed by atoms with van der Waals surface area (Å²) in [5, 5.41) is 21.9. The van der Waals surface area contributed by atoms with Gasteiger partial charge in [-0.3, -0.25) is 4.98 Å². The molecule has 9 aromatic carbocycles. The van der Waals surface area contributed by atoms with Crippen LogP contribution in [0.15, 0.2) is 188 Å². The van der Waals surface area contributed by atoms with Gasteiger partial charge < -0.3 is 4.57 Å². The number of para-hydroxylation sites is 1. The average Bonchev–Trinajstić information content (AvgIpc) is 3.59. The van der Waals surface area contributed by atoms with Gasteiger partial charge in [-0.1, -0.05) is 133 Å². The molecule has 0 aliphatic carbocycles. The van der Waals surface area contributed by atoms with Crippen LogP contribution in [0, 0.1) is 11.3 Å². The second-order valence-corrected chi connectivity index (χ2v) is 14.2. The summed E-state index contributed by atoms with van der Waals surface area (Å²) < 4.78 is 2.25. The van der Waals surface area contributed by atoms with E-state index in [1.54, 1.807) is 0 Å². The summed E-state index contributed by atoms with van der Waals surface area (Å²) >= 11 is 0. The second-order valence-electron chi connectivity index (χ2n) is 14.2. The fourth-order valence-electron chi connectivity index (χ4n) is 8.70. The van der Waals surface area contributed by atoms with Gasteiger partial charge in [-0.15, -0.1) is 0 Å². The van der Waals surface area contributed by atoms with Gasteiger partial charge in [-0.05, 0) is 108 Å². The number of rotatable bonds is 4. The van der Waals surface area contributed by atoms with Gasteiger partial charge in [0, 0.05) is 33.8 Å². The van der Waals surface area contributed by atoms with Gasteiger partial charge >= 0.3 is 0 Å².